The van der Waals surface area contributed by atoms with Crippen LogP contribution in [0.4, 0.5) is 0 Å². The molecule has 0 aliphatic heterocycles. The first-order valence-corrected chi connectivity index (χ1v) is 5.43. The second-order valence-electron chi connectivity index (χ2n) is 4.28. The maximum Gasteiger partial charge on any atom is 0.0799 e. The molecule has 2 atom stereocenters. The third-order valence-electron chi connectivity index (χ3n) is 2.77. The van der Waals surface area contributed by atoms with Crippen molar-refractivity contribution in [1.82, 2.24) is 0 Å². The standard InChI is InChI=1S/C13H20O2/c1-9-4-5-10(2)12(8-9)6-7-13(15)11(3)14/h4-5,8,11,13-15H,6-7H2,1-3H3. The summed E-state index contributed by atoms with van der Waals surface area (Å²) in [4.78, 5) is 0. The molecule has 0 bridgehead atoms. The highest BCUT2D eigenvalue weighted by Crippen LogP contribution is 2.14. The van der Waals surface area contributed by atoms with E-state index in [0.717, 1.165) is 6.42 Å². The van der Waals surface area contributed by atoms with Gasteiger partial charge >= 0.3 is 0 Å². The molecule has 84 valence electrons. The molecule has 0 aliphatic rings. The van der Waals surface area contributed by atoms with E-state index < -0.39 is 12.2 Å². The van der Waals surface area contributed by atoms with E-state index in [1.54, 1.807) is 6.92 Å². The summed E-state index contributed by atoms with van der Waals surface area (Å²) >= 11 is 0. The van der Waals surface area contributed by atoms with Gasteiger partial charge in [-0.1, -0.05) is 23.8 Å². The summed E-state index contributed by atoms with van der Waals surface area (Å²) < 4.78 is 0. The van der Waals surface area contributed by atoms with Gasteiger partial charge < -0.3 is 10.2 Å². The fraction of sp³-hybridized carbons (Fsp3) is 0.538. The molecule has 0 radical (unpaired) electrons. The third kappa shape index (κ3) is 3.65. The number of aliphatic hydroxyl groups is 2. The van der Waals surface area contributed by atoms with Crippen molar-refractivity contribution in [1.29, 1.82) is 0 Å². The largest absolute Gasteiger partial charge is 0.391 e. The molecule has 0 aromatic heterocycles. The highest BCUT2D eigenvalue weighted by Gasteiger charge is 2.11. The van der Waals surface area contributed by atoms with Crippen LogP contribution in [0.5, 0.6) is 0 Å². The Balaban J connectivity index is 2.61. The molecule has 0 aliphatic carbocycles. The molecule has 0 spiro atoms. The summed E-state index contributed by atoms with van der Waals surface area (Å²) in [7, 11) is 0. The molecule has 15 heavy (non-hydrogen) atoms. The Morgan fingerprint density at radius 2 is 1.87 bits per heavy atom. The molecule has 1 rings (SSSR count). The highest BCUT2D eigenvalue weighted by molar-refractivity contribution is 5.30. The number of rotatable bonds is 4. The van der Waals surface area contributed by atoms with Crippen LogP contribution in [0.25, 0.3) is 0 Å². The predicted molar refractivity (Wildman–Crippen MR) is 61.9 cm³/mol. The summed E-state index contributed by atoms with van der Waals surface area (Å²) in [5, 5.41) is 18.7. The molecular formula is C13H20O2. The van der Waals surface area contributed by atoms with E-state index in [4.69, 9.17) is 0 Å². The Kier molecular flexibility index (Phi) is 4.30. The molecule has 0 saturated heterocycles. The number of hydrogen-bond donors (Lipinski definition) is 2. The van der Waals surface area contributed by atoms with Crippen molar-refractivity contribution in [3.63, 3.8) is 0 Å². The van der Waals surface area contributed by atoms with E-state index in [0.29, 0.717) is 6.42 Å². The van der Waals surface area contributed by atoms with Gasteiger partial charge in [0.25, 0.3) is 0 Å². The maximum absolute atomic E-state index is 9.50. The lowest BCUT2D eigenvalue weighted by Crippen LogP contribution is -2.22. The van der Waals surface area contributed by atoms with Crippen molar-refractivity contribution in [2.75, 3.05) is 0 Å². The Morgan fingerprint density at radius 1 is 1.20 bits per heavy atom. The summed E-state index contributed by atoms with van der Waals surface area (Å²) in [6.45, 7) is 5.76. The van der Waals surface area contributed by atoms with Crippen molar-refractivity contribution in [2.45, 2.75) is 45.8 Å². The highest BCUT2D eigenvalue weighted by atomic mass is 16.3. The van der Waals surface area contributed by atoms with E-state index in [-0.39, 0.29) is 0 Å². The van der Waals surface area contributed by atoms with Crippen LogP contribution in [-0.2, 0) is 6.42 Å². The smallest absolute Gasteiger partial charge is 0.0799 e. The van der Waals surface area contributed by atoms with Crippen LogP contribution in [0.2, 0.25) is 0 Å². The van der Waals surface area contributed by atoms with E-state index in [1.807, 2.05) is 0 Å². The SMILES string of the molecule is Cc1ccc(C)c(CCC(O)C(C)O)c1. The summed E-state index contributed by atoms with van der Waals surface area (Å²) in [6, 6.07) is 6.33. The van der Waals surface area contributed by atoms with Crippen molar-refractivity contribution in [2.24, 2.45) is 0 Å². The number of aryl methyl sites for hydroxylation is 3. The topological polar surface area (TPSA) is 40.5 Å². The number of benzene rings is 1. The van der Waals surface area contributed by atoms with Gasteiger partial charge in [-0.05, 0) is 44.7 Å². The van der Waals surface area contributed by atoms with E-state index in [2.05, 4.69) is 32.0 Å². The molecule has 2 N–H and O–H groups in total. The third-order valence-corrected chi connectivity index (χ3v) is 2.77. The molecule has 0 saturated carbocycles. The van der Waals surface area contributed by atoms with Crippen LogP contribution >= 0.6 is 0 Å². The second kappa shape index (κ2) is 5.29. The van der Waals surface area contributed by atoms with Gasteiger partial charge in [-0.2, -0.15) is 0 Å². The Morgan fingerprint density at radius 3 is 2.47 bits per heavy atom. The zero-order valence-corrected chi connectivity index (χ0v) is 9.70. The van der Waals surface area contributed by atoms with Crippen molar-refractivity contribution in [3.05, 3.63) is 34.9 Å². The number of aliphatic hydroxyl groups excluding tert-OH is 2. The minimum Gasteiger partial charge on any atom is -0.391 e. The minimum absolute atomic E-state index is 0.613. The molecule has 1 aromatic carbocycles. The quantitative estimate of drug-likeness (QED) is 0.794. The van der Waals surface area contributed by atoms with E-state index in [9.17, 15) is 10.2 Å². The van der Waals surface area contributed by atoms with E-state index >= 15 is 0 Å². The lowest BCUT2D eigenvalue weighted by Gasteiger charge is -2.14. The Bertz CT molecular complexity index is 318. The van der Waals surface area contributed by atoms with Gasteiger partial charge in [-0.25, -0.2) is 0 Å². The summed E-state index contributed by atoms with van der Waals surface area (Å²) in [5.74, 6) is 0. The average molecular weight is 208 g/mol. The van der Waals surface area contributed by atoms with Gasteiger partial charge in [0.1, 0.15) is 0 Å². The van der Waals surface area contributed by atoms with Crippen molar-refractivity contribution < 1.29 is 10.2 Å². The van der Waals surface area contributed by atoms with Gasteiger partial charge in [-0.3, -0.25) is 0 Å². The molecule has 0 fully saturated rings. The molecule has 2 heteroatoms. The molecule has 0 heterocycles. The zero-order chi connectivity index (χ0) is 11.4. The summed E-state index contributed by atoms with van der Waals surface area (Å²) in [5.41, 5.74) is 3.75. The van der Waals surface area contributed by atoms with Crippen LogP contribution in [0.3, 0.4) is 0 Å². The summed E-state index contributed by atoms with van der Waals surface area (Å²) in [6.07, 6.45) is 0.168. The molecular weight excluding hydrogens is 188 g/mol. The monoisotopic (exact) mass is 208 g/mol. The second-order valence-corrected chi connectivity index (χ2v) is 4.28. The van der Waals surface area contributed by atoms with Gasteiger partial charge in [0.15, 0.2) is 0 Å². The molecule has 0 amide bonds. The first-order valence-electron chi connectivity index (χ1n) is 5.43. The zero-order valence-electron chi connectivity index (χ0n) is 9.70. The van der Waals surface area contributed by atoms with E-state index in [1.165, 1.54) is 16.7 Å². The first kappa shape index (κ1) is 12.2. The van der Waals surface area contributed by atoms with Crippen molar-refractivity contribution >= 4 is 0 Å². The Hall–Kier alpha value is -0.860. The minimum atomic E-state index is -0.643. The fourth-order valence-corrected chi connectivity index (χ4v) is 1.61. The van der Waals surface area contributed by atoms with Crippen LogP contribution in [0.15, 0.2) is 18.2 Å². The van der Waals surface area contributed by atoms with Crippen LogP contribution in [0, 0.1) is 13.8 Å². The Labute approximate surface area is 91.6 Å². The predicted octanol–water partition coefficient (Wildman–Crippen LogP) is 1.98. The van der Waals surface area contributed by atoms with Crippen LogP contribution in [-0.4, -0.2) is 22.4 Å². The van der Waals surface area contributed by atoms with Crippen LogP contribution in [0.1, 0.15) is 30.0 Å². The van der Waals surface area contributed by atoms with Gasteiger partial charge in [0, 0.05) is 0 Å². The lowest BCUT2D eigenvalue weighted by atomic mass is 9.98. The molecule has 2 nitrogen and oxygen atoms in total. The van der Waals surface area contributed by atoms with Crippen molar-refractivity contribution in [3.8, 4) is 0 Å². The van der Waals surface area contributed by atoms with Crippen LogP contribution < -0.4 is 0 Å². The lowest BCUT2D eigenvalue weighted by molar-refractivity contribution is 0.0265. The van der Waals surface area contributed by atoms with Gasteiger partial charge in [0.05, 0.1) is 12.2 Å². The van der Waals surface area contributed by atoms with Gasteiger partial charge in [-0.15, -0.1) is 0 Å². The molecule has 1 aromatic rings. The number of hydrogen-bond acceptors (Lipinski definition) is 2. The fourth-order valence-electron chi connectivity index (χ4n) is 1.61. The average Bonchev–Trinajstić information content (AvgIpc) is 2.18. The normalized spacial score (nSPS) is 15.0. The molecule has 2 unspecified atom stereocenters. The first-order chi connectivity index (χ1) is 7.00. The maximum atomic E-state index is 9.50. The van der Waals surface area contributed by atoms with Gasteiger partial charge in [0.2, 0.25) is 0 Å².